The lowest BCUT2D eigenvalue weighted by atomic mass is 10.0. The second-order valence-corrected chi connectivity index (χ2v) is 6.71. The monoisotopic (exact) mass is 337 g/mol. The number of ether oxygens (including phenoxy) is 1. The summed E-state index contributed by atoms with van der Waals surface area (Å²) in [6.07, 6.45) is 1.97. The maximum absolute atomic E-state index is 5.54. The topological polar surface area (TPSA) is 53.1 Å². The quantitative estimate of drug-likeness (QED) is 0.565. The van der Waals surface area contributed by atoms with Crippen LogP contribution < -0.4 is 5.73 Å². The van der Waals surface area contributed by atoms with E-state index in [4.69, 9.17) is 10.5 Å². The fourth-order valence-electron chi connectivity index (χ4n) is 3.02. The first kappa shape index (κ1) is 15.4. The molecule has 0 atom stereocenters. The van der Waals surface area contributed by atoms with E-state index in [0.717, 1.165) is 6.54 Å². The van der Waals surface area contributed by atoms with Gasteiger partial charge in [-0.15, -0.1) is 0 Å². The summed E-state index contributed by atoms with van der Waals surface area (Å²) in [4.78, 5) is 2.52. The lowest BCUT2D eigenvalue weighted by molar-refractivity contribution is 0.131. The predicted octanol–water partition coefficient (Wildman–Crippen LogP) is 3.66. The highest BCUT2D eigenvalue weighted by atomic mass is 32.2. The molecule has 4 rings (SSSR count). The average molecular weight is 337 g/mol. The van der Waals surface area contributed by atoms with Gasteiger partial charge in [0.15, 0.2) is 0 Å². The molecule has 0 radical (unpaired) electrons. The number of benzene rings is 2. The summed E-state index contributed by atoms with van der Waals surface area (Å²) in [6, 6.07) is 17.0. The van der Waals surface area contributed by atoms with E-state index >= 15 is 0 Å². The summed E-state index contributed by atoms with van der Waals surface area (Å²) in [6.45, 7) is 2.46. The summed E-state index contributed by atoms with van der Waals surface area (Å²) >= 11 is 1.82. The molecular formula is C19H19N3OS. The van der Waals surface area contributed by atoms with E-state index in [2.05, 4.69) is 53.6 Å². The van der Waals surface area contributed by atoms with Gasteiger partial charge >= 0.3 is 0 Å². The van der Waals surface area contributed by atoms with Gasteiger partial charge < -0.3 is 10.5 Å². The zero-order chi connectivity index (χ0) is 16.4. The highest BCUT2D eigenvalue weighted by molar-refractivity contribution is 7.99. The Bertz CT molecular complexity index is 859. The molecule has 2 heterocycles. The molecule has 0 aliphatic carbocycles. The number of hydrogen-bond acceptors (Lipinski definition) is 4. The number of nitrogens with two attached hydrogens (primary N) is 1. The van der Waals surface area contributed by atoms with E-state index in [1.807, 2.05) is 22.6 Å². The molecular weight excluding hydrogens is 318 g/mol. The van der Waals surface area contributed by atoms with Crippen LogP contribution in [-0.4, -0.2) is 29.5 Å². The lowest BCUT2D eigenvalue weighted by Crippen LogP contribution is -2.13. The van der Waals surface area contributed by atoms with Crippen molar-refractivity contribution in [1.82, 2.24) is 9.78 Å². The van der Waals surface area contributed by atoms with Crippen LogP contribution in [-0.2, 0) is 11.3 Å². The number of nitrogens with zero attached hydrogens (tertiary/aromatic N) is 2. The molecule has 3 aromatic rings. The molecule has 0 saturated carbocycles. The molecule has 5 heteroatoms. The summed E-state index contributed by atoms with van der Waals surface area (Å²) in [5, 5.41) is 4.63. The SMILES string of the molecule is NCCOCCn1ncc2c1-c1ccccc1Sc1ccccc1-2. The molecule has 2 N–H and O–H groups in total. The van der Waals surface area contributed by atoms with Crippen LogP contribution in [0.5, 0.6) is 0 Å². The third kappa shape index (κ3) is 2.75. The Hall–Kier alpha value is -2.08. The summed E-state index contributed by atoms with van der Waals surface area (Å²) in [7, 11) is 0. The second-order valence-electron chi connectivity index (χ2n) is 5.63. The smallest absolute Gasteiger partial charge is 0.0773 e. The van der Waals surface area contributed by atoms with Crippen molar-refractivity contribution in [3.05, 3.63) is 54.7 Å². The summed E-state index contributed by atoms with van der Waals surface area (Å²) < 4.78 is 7.59. The molecule has 0 bridgehead atoms. The van der Waals surface area contributed by atoms with E-state index in [1.54, 1.807) is 0 Å². The molecule has 122 valence electrons. The van der Waals surface area contributed by atoms with E-state index in [1.165, 1.54) is 32.2 Å². The van der Waals surface area contributed by atoms with Crippen molar-refractivity contribution in [2.75, 3.05) is 19.8 Å². The van der Waals surface area contributed by atoms with Crippen molar-refractivity contribution in [2.24, 2.45) is 5.73 Å². The van der Waals surface area contributed by atoms with Crippen LogP contribution in [0.3, 0.4) is 0 Å². The van der Waals surface area contributed by atoms with Gasteiger partial charge in [0.25, 0.3) is 0 Å². The Morgan fingerprint density at radius 3 is 2.42 bits per heavy atom. The van der Waals surface area contributed by atoms with Gasteiger partial charge in [0.2, 0.25) is 0 Å². The van der Waals surface area contributed by atoms with Crippen LogP contribution >= 0.6 is 11.8 Å². The van der Waals surface area contributed by atoms with Crippen molar-refractivity contribution in [3.63, 3.8) is 0 Å². The molecule has 0 unspecified atom stereocenters. The molecule has 4 nitrogen and oxygen atoms in total. The Kier molecular flexibility index (Phi) is 4.38. The fraction of sp³-hybridized carbons (Fsp3) is 0.211. The van der Waals surface area contributed by atoms with Gasteiger partial charge in [0, 0.05) is 27.5 Å². The van der Waals surface area contributed by atoms with Crippen LogP contribution in [0.1, 0.15) is 0 Å². The molecule has 24 heavy (non-hydrogen) atoms. The van der Waals surface area contributed by atoms with Crippen molar-refractivity contribution in [1.29, 1.82) is 0 Å². The Morgan fingerprint density at radius 1 is 0.917 bits per heavy atom. The van der Waals surface area contributed by atoms with E-state index < -0.39 is 0 Å². The van der Waals surface area contributed by atoms with Gasteiger partial charge in [0.05, 0.1) is 31.6 Å². The third-order valence-electron chi connectivity index (χ3n) is 4.09. The van der Waals surface area contributed by atoms with Gasteiger partial charge in [-0.05, 0) is 17.7 Å². The summed E-state index contributed by atoms with van der Waals surface area (Å²) in [5.74, 6) is 0. The molecule has 0 spiro atoms. The normalized spacial score (nSPS) is 12.2. The van der Waals surface area contributed by atoms with Crippen LogP contribution in [0.25, 0.3) is 22.4 Å². The van der Waals surface area contributed by atoms with Crippen LogP contribution in [0, 0.1) is 0 Å². The van der Waals surface area contributed by atoms with Gasteiger partial charge in [-0.25, -0.2) is 0 Å². The van der Waals surface area contributed by atoms with Gasteiger partial charge in [-0.2, -0.15) is 5.10 Å². The highest BCUT2D eigenvalue weighted by Gasteiger charge is 2.23. The van der Waals surface area contributed by atoms with Crippen molar-refractivity contribution in [3.8, 4) is 22.4 Å². The Labute approximate surface area is 145 Å². The molecule has 0 fully saturated rings. The number of aromatic nitrogens is 2. The lowest BCUT2D eigenvalue weighted by Gasteiger charge is -2.11. The molecule has 2 aromatic carbocycles. The average Bonchev–Trinajstić information content (AvgIpc) is 2.97. The third-order valence-corrected chi connectivity index (χ3v) is 5.24. The van der Waals surface area contributed by atoms with Crippen LogP contribution in [0.2, 0.25) is 0 Å². The highest BCUT2D eigenvalue weighted by Crippen LogP contribution is 2.47. The zero-order valence-electron chi connectivity index (χ0n) is 13.3. The number of fused-ring (bicyclic) bond motifs is 5. The maximum atomic E-state index is 5.54. The first-order valence-electron chi connectivity index (χ1n) is 8.09. The standard InChI is InChI=1S/C19H19N3OS/c20-9-11-23-12-10-22-19-15-6-2-4-8-18(15)24-17-7-3-1-5-14(17)16(19)13-21-22/h1-8,13H,9-12,20H2. The van der Waals surface area contributed by atoms with Crippen molar-refractivity contribution < 1.29 is 4.74 Å². The number of hydrogen-bond donors (Lipinski definition) is 1. The van der Waals surface area contributed by atoms with Gasteiger partial charge in [-0.3, -0.25) is 4.68 Å². The molecule has 0 amide bonds. The predicted molar refractivity (Wildman–Crippen MR) is 97.1 cm³/mol. The minimum Gasteiger partial charge on any atom is -0.378 e. The van der Waals surface area contributed by atoms with E-state index in [-0.39, 0.29) is 0 Å². The first-order valence-corrected chi connectivity index (χ1v) is 8.90. The van der Waals surface area contributed by atoms with Crippen LogP contribution in [0.4, 0.5) is 0 Å². The Balaban J connectivity index is 1.81. The second kappa shape index (κ2) is 6.81. The minimum absolute atomic E-state index is 0.546. The first-order chi connectivity index (χ1) is 11.9. The van der Waals surface area contributed by atoms with Crippen molar-refractivity contribution in [2.45, 2.75) is 16.3 Å². The van der Waals surface area contributed by atoms with Crippen LogP contribution in [0.15, 0.2) is 64.5 Å². The van der Waals surface area contributed by atoms with E-state index in [0.29, 0.717) is 19.8 Å². The molecule has 1 aliphatic rings. The van der Waals surface area contributed by atoms with Gasteiger partial charge in [-0.1, -0.05) is 48.2 Å². The summed E-state index contributed by atoms with van der Waals surface area (Å²) in [5.41, 5.74) is 10.3. The number of rotatable bonds is 5. The molecule has 0 saturated heterocycles. The van der Waals surface area contributed by atoms with E-state index in [9.17, 15) is 0 Å². The molecule has 1 aromatic heterocycles. The van der Waals surface area contributed by atoms with Crippen molar-refractivity contribution >= 4 is 11.8 Å². The zero-order valence-corrected chi connectivity index (χ0v) is 14.1. The largest absolute Gasteiger partial charge is 0.378 e. The maximum Gasteiger partial charge on any atom is 0.0773 e. The van der Waals surface area contributed by atoms with Gasteiger partial charge in [0.1, 0.15) is 0 Å². The molecule has 1 aliphatic heterocycles. The Morgan fingerprint density at radius 2 is 1.62 bits per heavy atom. The fourth-order valence-corrected chi connectivity index (χ4v) is 4.11. The minimum atomic E-state index is 0.546.